The number of rotatable bonds is 5. The molecule has 2 rings (SSSR count). The minimum atomic E-state index is -3.50. The Morgan fingerprint density at radius 3 is 2.27 bits per heavy atom. The molecule has 0 saturated carbocycles. The van der Waals surface area contributed by atoms with Crippen molar-refractivity contribution in [3.8, 4) is 0 Å². The maximum Gasteiger partial charge on any atom is 0.313 e. The quantitative estimate of drug-likeness (QED) is 0.695. The zero-order valence-corrected chi connectivity index (χ0v) is 16.6. The predicted molar refractivity (Wildman–Crippen MR) is 102 cm³/mol. The lowest BCUT2D eigenvalue weighted by Gasteiger charge is -2.12. The highest BCUT2D eigenvalue weighted by atomic mass is 79.9. The molecule has 0 bridgehead atoms. The Labute approximate surface area is 160 Å². The van der Waals surface area contributed by atoms with E-state index in [0.717, 1.165) is 8.78 Å². The SMILES string of the molecule is CN(C)S(=O)(=O)c1ccc(CNC(=O)C(=O)Nc2cccc(Br)c2)cc1. The van der Waals surface area contributed by atoms with Crippen molar-refractivity contribution >= 4 is 43.5 Å². The van der Waals surface area contributed by atoms with Crippen molar-refractivity contribution in [3.63, 3.8) is 0 Å². The van der Waals surface area contributed by atoms with Gasteiger partial charge in [0.15, 0.2) is 0 Å². The van der Waals surface area contributed by atoms with Gasteiger partial charge in [-0.2, -0.15) is 0 Å². The molecule has 0 aromatic heterocycles. The van der Waals surface area contributed by atoms with Gasteiger partial charge in [0, 0.05) is 30.8 Å². The summed E-state index contributed by atoms with van der Waals surface area (Å²) in [6.45, 7) is 0.104. The molecule has 2 amide bonds. The van der Waals surface area contributed by atoms with Crippen LogP contribution in [0.4, 0.5) is 5.69 Å². The maximum atomic E-state index is 12.0. The van der Waals surface area contributed by atoms with E-state index in [1.165, 1.54) is 26.2 Å². The summed E-state index contributed by atoms with van der Waals surface area (Å²) in [6.07, 6.45) is 0. The first-order valence-electron chi connectivity index (χ1n) is 7.56. The van der Waals surface area contributed by atoms with E-state index in [4.69, 9.17) is 0 Å². The molecule has 2 aromatic rings. The van der Waals surface area contributed by atoms with Gasteiger partial charge in [0.2, 0.25) is 10.0 Å². The van der Waals surface area contributed by atoms with Crippen molar-refractivity contribution in [2.45, 2.75) is 11.4 Å². The van der Waals surface area contributed by atoms with Crippen molar-refractivity contribution in [1.29, 1.82) is 0 Å². The summed E-state index contributed by atoms with van der Waals surface area (Å²) >= 11 is 3.28. The Morgan fingerprint density at radius 2 is 1.69 bits per heavy atom. The highest BCUT2D eigenvalue weighted by molar-refractivity contribution is 9.10. The Hall–Kier alpha value is -2.23. The Balaban J connectivity index is 1.94. The third-order valence-corrected chi connectivity index (χ3v) is 5.77. The number of halogens is 1. The summed E-state index contributed by atoms with van der Waals surface area (Å²) in [7, 11) is -0.595. The molecular formula is C17H18BrN3O4S. The second kappa shape index (κ2) is 8.43. The number of hydrogen-bond donors (Lipinski definition) is 2. The number of nitrogens with one attached hydrogen (secondary N) is 2. The van der Waals surface area contributed by atoms with E-state index in [1.807, 2.05) is 0 Å². The Morgan fingerprint density at radius 1 is 1.04 bits per heavy atom. The lowest BCUT2D eigenvalue weighted by molar-refractivity contribution is -0.136. The fourth-order valence-electron chi connectivity index (χ4n) is 2.01. The van der Waals surface area contributed by atoms with E-state index >= 15 is 0 Å². The van der Waals surface area contributed by atoms with Gasteiger partial charge in [0.1, 0.15) is 0 Å². The van der Waals surface area contributed by atoms with Gasteiger partial charge in [-0.05, 0) is 35.9 Å². The topological polar surface area (TPSA) is 95.6 Å². The van der Waals surface area contributed by atoms with E-state index < -0.39 is 21.8 Å². The molecule has 2 aromatic carbocycles. The second-order valence-corrected chi connectivity index (χ2v) is 8.65. The number of carbonyl (C=O) groups is 2. The van der Waals surface area contributed by atoms with Crippen LogP contribution in [0, 0.1) is 0 Å². The number of hydrogen-bond acceptors (Lipinski definition) is 4. The fourth-order valence-corrected chi connectivity index (χ4v) is 3.31. The van der Waals surface area contributed by atoms with E-state index in [9.17, 15) is 18.0 Å². The minimum absolute atomic E-state index is 0.104. The van der Waals surface area contributed by atoms with Crippen molar-refractivity contribution < 1.29 is 18.0 Å². The molecule has 0 spiro atoms. The van der Waals surface area contributed by atoms with Gasteiger partial charge in [-0.3, -0.25) is 9.59 Å². The van der Waals surface area contributed by atoms with Crippen molar-refractivity contribution in [3.05, 3.63) is 58.6 Å². The highest BCUT2D eigenvalue weighted by Crippen LogP contribution is 2.16. The van der Waals surface area contributed by atoms with E-state index in [1.54, 1.807) is 36.4 Å². The van der Waals surface area contributed by atoms with Crippen LogP contribution >= 0.6 is 15.9 Å². The summed E-state index contributed by atoms with van der Waals surface area (Å²) < 4.78 is 25.9. The largest absolute Gasteiger partial charge is 0.344 e. The molecule has 0 atom stereocenters. The molecular weight excluding hydrogens is 422 g/mol. The van der Waals surface area contributed by atoms with E-state index in [0.29, 0.717) is 11.3 Å². The first-order chi connectivity index (χ1) is 12.2. The number of carbonyl (C=O) groups excluding carboxylic acids is 2. The average molecular weight is 440 g/mol. The Bertz CT molecular complexity index is 912. The van der Waals surface area contributed by atoms with Gasteiger partial charge in [-0.25, -0.2) is 12.7 Å². The molecule has 138 valence electrons. The lowest BCUT2D eigenvalue weighted by atomic mass is 10.2. The molecule has 9 heteroatoms. The summed E-state index contributed by atoms with van der Waals surface area (Å²) in [6, 6.07) is 13.0. The zero-order valence-electron chi connectivity index (χ0n) is 14.2. The van der Waals surface area contributed by atoms with Gasteiger partial charge < -0.3 is 10.6 Å². The van der Waals surface area contributed by atoms with Crippen LogP contribution in [0.15, 0.2) is 57.9 Å². The summed E-state index contributed by atoms with van der Waals surface area (Å²) in [5.74, 6) is -1.56. The second-order valence-electron chi connectivity index (χ2n) is 5.58. The van der Waals surface area contributed by atoms with Crippen LogP contribution in [-0.2, 0) is 26.2 Å². The third kappa shape index (κ3) is 5.13. The first kappa shape index (κ1) is 20.1. The van der Waals surface area contributed by atoms with Crippen molar-refractivity contribution in [1.82, 2.24) is 9.62 Å². The molecule has 0 aliphatic heterocycles. The van der Waals surface area contributed by atoms with Crippen LogP contribution in [0.1, 0.15) is 5.56 Å². The van der Waals surface area contributed by atoms with Crippen LogP contribution in [0.5, 0.6) is 0 Å². The van der Waals surface area contributed by atoms with Crippen LogP contribution in [0.2, 0.25) is 0 Å². The van der Waals surface area contributed by atoms with Crippen LogP contribution in [0.25, 0.3) is 0 Å². The van der Waals surface area contributed by atoms with Gasteiger partial charge >= 0.3 is 11.8 Å². The molecule has 0 fully saturated rings. The fraction of sp³-hybridized carbons (Fsp3) is 0.176. The van der Waals surface area contributed by atoms with Gasteiger partial charge in [-0.15, -0.1) is 0 Å². The molecule has 0 aliphatic carbocycles. The number of amides is 2. The normalized spacial score (nSPS) is 11.2. The molecule has 0 heterocycles. The molecule has 26 heavy (non-hydrogen) atoms. The molecule has 0 saturated heterocycles. The lowest BCUT2D eigenvalue weighted by Crippen LogP contribution is -2.34. The van der Waals surface area contributed by atoms with E-state index in [-0.39, 0.29) is 11.4 Å². The summed E-state index contributed by atoms with van der Waals surface area (Å²) in [4.78, 5) is 23.9. The van der Waals surface area contributed by atoms with Crippen LogP contribution in [-0.4, -0.2) is 38.6 Å². The molecule has 0 unspecified atom stereocenters. The van der Waals surface area contributed by atoms with Gasteiger partial charge in [0.05, 0.1) is 4.90 Å². The molecule has 7 nitrogen and oxygen atoms in total. The summed E-state index contributed by atoms with van der Waals surface area (Å²) in [5, 5.41) is 4.99. The van der Waals surface area contributed by atoms with Gasteiger partial charge in [0.25, 0.3) is 0 Å². The molecule has 0 aliphatic rings. The Kier molecular flexibility index (Phi) is 6.52. The average Bonchev–Trinajstić information content (AvgIpc) is 2.59. The first-order valence-corrected chi connectivity index (χ1v) is 9.79. The minimum Gasteiger partial charge on any atom is -0.344 e. The third-order valence-electron chi connectivity index (χ3n) is 3.44. The maximum absolute atomic E-state index is 12.0. The van der Waals surface area contributed by atoms with Gasteiger partial charge in [-0.1, -0.05) is 34.1 Å². The monoisotopic (exact) mass is 439 g/mol. The predicted octanol–water partition coefficient (Wildman–Crippen LogP) is 1.95. The van der Waals surface area contributed by atoms with Crippen LogP contribution < -0.4 is 10.6 Å². The zero-order chi connectivity index (χ0) is 19.3. The van der Waals surface area contributed by atoms with Crippen LogP contribution in [0.3, 0.4) is 0 Å². The van der Waals surface area contributed by atoms with Crippen molar-refractivity contribution in [2.24, 2.45) is 0 Å². The number of benzene rings is 2. The number of anilines is 1. The molecule has 0 radical (unpaired) electrons. The number of nitrogens with zero attached hydrogens (tertiary/aromatic N) is 1. The standard InChI is InChI=1S/C17H18BrN3O4S/c1-21(2)26(24,25)15-8-6-12(7-9-15)11-19-16(22)17(23)20-14-5-3-4-13(18)10-14/h3-10H,11H2,1-2H3,(H,19,22)(H,20,23). The highest BCUT2D eigenvalue weighted by Gasteiger charge is 2.17. The smallest absolute Gasteiger partial charge is 0.313 e. The molecule has 2 N–H and O–H groups in total. The van der Waals surface area contributed by atoms with Crippen molar-refractivity contribution in [2.75, 3.05) is 19.4 Å². The van der Waals surface area contributed by atoms with E-state index in [2.05, 4.69) is 26.6 Å². The number of sulfonamides is 1. The summed E-state index contributed by atoms with van der Waals surface area (Å²) in [5.41, 5.74) is 1.17.